The maximum atomic E-state index is 4.60. The summed E-state index contributed by atoms with van der Waals surface area (Å²) in [6, 6.07) is 0.486. The Labute approximate surface area is 131 Å². The highest BCUT2D eigenvalue weighted by atomic mass is 15.3. The summed E-state index contributed by atoms with van der Waals surface area (Å²) >= 11 is 0. The molecule has 0 aliphatic carbocycles. The molecule has 0 fully saturated rings. The second-order valence-electron chi connectivity index (χ2n) is 6.12. The lowest BCUT2D eigenvalue weighted by atomic mass is 9.99. The fourth-order valence-electron chi connectivity index (χ4n) is 2.93. The number of hydrogen-bond donors (Lipinski definition) is 1. The Bertz CT molecular complexity index is 371. The Morgan fingerprint density at radius 3 is 2.43 bits per heavy atom. The van der Waals surface area contributed by atoms with E-state index < -0.39 is 0 Å². The third-order valence-corrected chi connectivity index (χ3v) is 4.13. The number of unbranched alkanes of at least 4 members (excludes halogenated alkanes) is 5. The minimum atomic E-state index is 0.486. The minimum Gasteiger partial charge on any atom is -0.310 e. The summed E-state index contributed by atoms with van der Waals surface area (Å²) < 4.78 is 1.97. The summed E-state index contributed by atoms with van der Waals surface area (Å²) in [4.78, 5) is 0. The van der Waals surface area contributed by atoms with E-state index in [1.165, 1.54) is 62.6 Å². The molecule has 1 unspecified atom stereocenters. The second kappa shape index (κ2) is 10.8. The predicted octanol–water partition coefficient (Wildman–Crippen LogP) is 4.77. The van der Waals surface area contributed by atoms with Gasteiger partial charge in [-0.2, -0.15) is 5.10 Å². The monoisotopic (exact) mass is 293 g/mol. The Morgan fingerprint density at radius 1 is 1.05 bits per heavy atom. The van der Waals surface area contributed by atoms with E-state index in [9.17, 15) is 0 Å². The van der Waals surface area contributed by atoms with Gasteiger partial charge in [-0.1, -0.05) is 59.3 Å². The highest BCUT2D eigenvalue weighted by molar-refractivity contribution is 5.21. The van der Waals surface area contributed by atoms with Crippen molar-refractivity contribution in [2.75, 3.05) is 6.54 Å². The summed E-state index contributed by atoms with van der Waals surface area (Å²) in [6.45, 7) is 7.81. The first-order valence-electron chi connectivity index (χ1n) is 8.98. The molecule has 3 nitrogen and oxygen atoms in total. The molecule has 21 heavy (non-hydrogen) atoms. The van der Waals surface area contributed by atoms with Crippen molar-refractivity contribution in [2.45, 2.75) is 84.6 Å². The molecule has 0 aromatic carbocycles. The molecule has 3 heteroatoms. The molecule has 0 aliphatic rings. The van der Waals surface area contributed by atoms with E-state index >= 15 is 0 Å². The van der Waals surface area contributed by atoms with E-state index in [2.05, 4.69) is 37.4 Å². The fraction of sp³-hybridized carbons (Fsp3) is 0.833. The maximum absolute atomic E-state index is 4.60. The van der Waals surface area contributed by atoms with Crippen molar-refractivity contribution in [2.24, 2.45) is 7.05 Å². The third-order valence-electron chi connectivity index (χ3n) is 4.13. The van der Waals surface area contributed by atoms with Crippen LogP contribution in [-0.4, -0.2) is 16.3 Å². The molecule has 1 heterocycles. The van der Waals surface area contributed by atoms with E-state index in [1.807, 2.05) is 11.7 Å². The van der Waals surface area contributed by atoms with Gasteiger partial charge >= 0.3 is 0 Å². The molecule has 1 aromatic heterocycles. The average molecular weight is 293 g/mol. The zero-order valence-electron chi connectivity index (χ0n) is 14.6. The lowest BCUT2D eigenvalue weighted by Gasteiger charge is -2.18. The van der Waals surface area contributed by atoms with Crippen molar-refractivity contribution in [3.63, 3.8) is 0 Å². The summed E-state index contributed by atoms with van der Waals surface area (Å²) in [5.74, 6) is 0. The average Bonchev–Trinajstić information content (AvgIpc) is 2.86. The van der Waals surface area contributed by atoms with Crippen LogP contribution >= 0.6 is 0 Å². The van der Waals surface area contributed by atoms with Gasteiger partial charge in [-0.15, -0.1) is 0 Å². The molecule has 1 aromatic rings. The van der Waals surface area contributed by atoms with Gasteiger partial charge < -0.3 is 5.32 Å². The molecule has 122 valence electrons. The second-order valence-corrected chi connectivity index (χ2v) is 6.12. The van der Waals surface area contributed by atoms with Crippen molar-refractivity contribution in [1.82, 2.24) is 15.1 Å². The van der Waals surface area contributed by atoms with Crippen molar-refractivity contribution in [3.8, 4) is 0 Å². The zero-order valence-corrected chi connectivity index (χ0v) is 14.6. The van der Waals surface area contributed by atoms with Crippen LogP contribution in [0.2, 0.25) is 0 Å². The maximum Gasteiger partial charge on any atom is 0.0669 e. The van der Waals surface area contributed by atoms with Crippen molar-refractivity contribution < 1.29 is 0 Å². The highest BCUT2D eigenvalue weighted by Gasteiger charge is 2.16. The Morgan fingerprint density at radius 2 is 1.76 bits per heavy atom. The van der Waals surface area contributed by atoms with Crippen molar-refractivity contribution in [1.29, 1.82) is 0 Å². The van der Waals surface area contributed by atoms with Gasteiger partial charge in [-0.25, -0.2) is 0 Å². The summed E-state index contributed by atoms with van der Waals surface area (Å²) in [6.07, 6.45) is 13.9. The predicted molar refractivity (Wildman–Crippen MR) is 91.6 cm³/mol. The number of nitrogens with one attached hydrogen (secondary N) is 1. The van der Waals surface area contributed by atoms with Gasteiger partial charge in [-0.05, 0) is 25.8 Å². The molecule has 0 bridgehead atoms. The smallest absolute Gasteiger partial charge is 0.0669 e. The van der Waals surface area contributed by atoms with Crippen LogP contribution in [0.3, 0.4) is 0 Å². The van der Waals surface area contributed by atoms with Crippen LogP contribution in [0.4, 0.5) is 0 Å². The molecule has 0 aliphatic heterocycles. The lowest BCUT2D eigenvalue weighted by molar-refractivity contribution is 0.464. The number of aryl methyl sites for hydroxylation is 2. The molecule has 1 atom stereocenters. The topological polar surface area (TPSA) is 29.9 Å². The molecule has 0 saturated heterocycles. The zero-order chi connectivity index (χ0) is 15.5. The summed E-state index contributed by atoms with van der Waals surface area (Å²) in [7, 11) is 2.03. The molecular weight excluding hydrogens is 258 g/mol. The Hall–Kier alpha value is -0.830. The van der Waals surface area contributed by atoms with Crippen LogP contribution in [0.5, 0.6) is 0 Å². The van der Waals surface area contributed by atoms with Gasteiger partial charge in [0.2, 0.25) is 0 Å². The normalized spacial score (nSPS) is 12.8. The van der Waals surface area contributed by atoms with Gasteiger partial charge in [0, 0.05) is 24.8 Å². The standard InChI is InChI=1S/C18H35N3/c1-5-8-9-10-11-12-13-18(19-14-6-2)16-15-21(4)20-17(16)7-3/h15,18-19H,5-14H2,1-4H3. The van der Waals surface area contributed by atoms with Gasteiger partial charge in [0.25, 0.3) is 0 Å². The van der Waals surface area contributed by atoms with E-state index in [0.717, 1.165) is 13.0 Å². The van der Waals surface area contributed by atoms with Crippen molar-refractivity contribution >= 4 is 0 Å². The van der Waals surface area contributed by atoms with Crippen LogP contribution in [0.1, 0.15) is 89.4 Å². The Kier molecular flexibility index (Phi) is 9.40. The molecule has 0 amide bonds. The number of rotatable bonds is 12. The first-order chi connectivity index (χ1) is 10.2. The van der Waals surface area contributed by atoms with Gasteiger partial charge in [0.05, 0.1) is 5.69 Å². The molecule has 1 rings (SSSR count). The van der Waals surface area contributed by atoms with Crippen LogP contribution in [0.15, 0.2) is 6.20 Å². The van der Waals surface area contributed by atoms with Crippen molar-refractivity contribution in [3.05, 3.63) is 17.5 Å². The molecule has 0 radical (unpaired) electrons. The quantitative estimate of drug-likeness (QED) is 0.562. The molecule has 1 N–H and O–H groups in total. The van der Waals surface area contributed by atoms with Gasteiger partial charge in [-0.3, -0.25) is 4.68 Å². The van der Waals surface area contributed by atoms with Crippen LogP contribution < -0.4 is 5.32 Å². The van der Waals surface area contributed by atoms with E-state index in [4.69, 9.17) is 0 Å². The fourth-order valence-corrected chi connectivity index (χ4v) is 2.93. The Balaban J connectivity index is 2.50. The number of aromatic nitrogens is 2. The number of nitrogens with zero attached hydrogens (tertiary/aromatic N) is 2. The van der Waals surface area contributed by atoms with E-state index in [0.29, 0.717) is 6.04 Å². The van der Waals surface area contributed by atoms with Crippen LogP contribution in [0.25, 0.3) is 0 Å². The third kappa shape index (κ3) is 6.64. The first kappa shape index (κ1) is 18.2. The summed E-state index contributed by atoms with van der Waals surface area (Å²) in [5.41, 5.74) is 2.68. The van der Waals surface area contributed by atoms with E-state index in [1.54, 1.807) is 0 Å². The SMILES string of the molecule is CCCCCCCCC(NCCC)c1cn(C)nc1CC. The summed E-state index contributed by atoms with van der Waals surface area (Å²) in [5, 5.41) is 8.33. The van der Waals surface area contributed by atoms with E-state index in [-0.39, 0.29) is 0 Å². The largest absolute Gasteiger partial charge is 0.310 e. The molecule has 0 saturated carbocycles. The molecule has 0 spiro atoms. The minimum absolute atomic E-state index is 0.486. The lowest BCUT2D eigenvalue weighted by Crippen LogP contribution is -2.22. The molecular formula is C18H35N3. The van der Waals surface area contributed by atoms with Crippen LogP contribution in [-0.2, 0) is 13.5 Å². The first-order valence-corrected chi connectivity index (χ1v) is 8.98. The van der Waals surface area contributed by atoms with Gasteiger partial charge in [0.1, 0.15) is 0 Å². The van der Waals surface area contributed by atoms with Crippen LogP contribution in [0, 0.1) is 0 Å². The van der Waals surface area contributed by atoms with Gasteiger partial charge in [0.15, 0.2) is 0 Å². The number of hydrogen-bond acceptors (Lipinski definition) is 2. The highest BCUT2D eigenvalue weighted by Crippen LogP contribution is 2.23.